The van der Waals surface area contributed by atoms with Crippen molar-refractivity contribution < 1.29 is 28.2 Å². The molecule has 1 unspecified atom stereocenters. The molecule has 6 rings (SSSR count). The van der Waals surface area contributed by atoms with E-state index >= 15 is 0 Å². The molecule has 4 aromatic rings. The van der Waals surface area contributed by atoms with E-state index in [9.17, 15) is 14.4 Å². The fourth-order valence-electron chi connectivity index (χ4n) is 5.16. The van der Waals surface area contributed by atoms with Gasteiger partial charge < -0.3 is 18.6 Å². The fourth-order valence-corrected chi connectivity index (χ4v) is 5.16. The summed E-state index contributed by atoms with van der Waals surface area (Å²) < 4.78 is 22.5. The number of esters is 2. The van der Waals surface area contributed by atoms with Gasteiger partial charge in [0.15, 0.2) is 5.43 Å². The molecule has 1 fully saturated rings. The largest absolute Gasteiger partial charge is 0.497 e. The summed E-state index contributed by atoms with van der Waals surface area (Å²) in [4.78, 5) is 42.1. The third kappa shape index (κ3) is 3.69. The van der Waals surface area contributed by atoms with Crippen LogP contribution in [0.2, 0.25) is 0 Å². The van der Waals surface area contributed by atoms with Crippen LogP contribution in [0, 0.1) is 0 Å². The summed E-state index contributed by atoms with van der Waals surface area (Å²) in [5.74, 6) is -3.92. The van der Waals surface area contributed by atoms with Crippen molar-refractivity contribution in [2.24, 2.45) is 5.10 Å². The quantitative estimate of drug-likeness (QED) is 0.286. The maximum Gasteiger partial charge on any atom is 0.350 e. The number of carbonyl (C=O) groups is 2. The van der Waals surface area contributed by atoms with Crippen LogP contribution >= 0.6 is 0 Å². The molecule has 0 N–H and O–H groups in total. The number of ether oxygens (including phenoxy) is 3. The van der Waals surface area contributed by atoms with E-state index in [-0.39, 0.29) is 11.3 Å². The van der Waals surface area contributed by atoms with Gasteiger partial charge in [0.1, 0.15) is 11.3 Å². The molecule has 9 nitrogen and oxygen atoms in total. The summed E-state index contributed by atoms with van der Waals surface area (Å²) in [5.41, 5.74) is -0.850. The van der Waals surface area contributed by atoms with E-state index in [1.807, 2.05) is 0 Å². The standard InChI is InChI=1S/C30H24N2O7/c1-29(2)38-27(34)30(28(35)39-29)24(22-17-37-23-12-8-7-11-21(23)26(22)33)25(18-13-15-20(36-3)16-14-18)31-32(30)19-9-5-4-6-10-19/h4-17,24H,1-3H3. The molecule has 0 bridgehead atoms. The number of methoxy groups -OCH3 is 1. The molecule has 196 valence electrons. The molecule has 1 spiro atoms. The smallest absolute Gasteiger partial charge is 0.350 e. The fraction of sp³-hybridized carbons (Fsp3) is 0.200. The Morgan fingerprint density at radius 3 is 2.15 bits per heavy atom. The predicted molar refractivity (Wildman–Crippen MR) is 143 cm³/mol. The number of hydrogen-bond acceptors (Lipinski definition) is 9. The SMILES string of the molecule is COc1ccc(C2=NN(c3ccccc3)C3(C(=O)OC(C)(C)OC3=O)C2c2coc3ccccc3c2=O)cc1. The first kappa shape index (κ1) is 24.4. The van der Waals surface area contributed by atoms with Crippen LogP contribution in [-0.2, 0) is 19.1 Å². The van der Waals surface area contributed by atoms with Crippen molar-refractivity contribution in [3.8, 4) is 5.75 Å². The Kier molecular flexibility index (Phi) is 5.53. The highest BCUT2D eigenvalue weighted by Gasteiger charge is 2.70. The van der Waals surface area contributed by atoms with Crippen molar-refractivity contribution >= 4 is 34.3 Å². The zero-order chi connectivity index (χ0) is 27.4. The van der Waals surface area contributed by atoms with E-state index in [1.165, 1.54) is 25.1 Å². The third-order valence-corrected chi connectivity index (χ3v) is 6.94. The number of hydrogen-bond donors (Lipinski definition) is 0. The van der Waals surface area contributed by atoms with E-state index < -0.39 is 34.6 Å². The van der Waals surface area contributed by atoms with Gasteiger partial charge in [-0.05, 0) is 54.1 Å². The average Bonchev–Trinajstić information content (AvgIpc) is 3.29. The number of hydrazone groups is 1. The maximum atomic E-state index is 14.1. The topological polar surface area (TPSA) is 108 Å². The van der Waals surface area contributed by atoms with E-state index in [2.05, 4.69) is 0 Å². The van der Waals surface area contributed by atoms with Crippen LogP contribution in [0.4, 0.5) is 5.69 Å². The van der Waals surface area contributed by atoms with Gasteiger partial charge in [-0.25, -0.2) is 14.6 Å². The molecule has 1 atom stereocenters. The lowest BCUT2D eigenvalue weighted by Crippen LogP contribution is -2.67. The second-order valence-corrected chi connectivity index (χ2v) is 9.76. The first-order chi connectivity index (χ1) is 18.8. The van der Waals surface area contributed by atoms with Crippen molar-refractivity contribution in [3.05, 3.63) is 106 Å². The van der Waals surface area contributed by atoms with Gasteiger partial charge in [-0.1, -0.05) is 30.3 Å². The van der Waals surface area contributed by atoms with E-state index in [0.717, 1.165) is 0 Å². The lowest BCUT2D eigenvalue weighted by Gasteiger charge is -2.44. The molecule has 9 heteroatoms. The summed E-state index contributed by atoms with van der Waals surface area (Å²) >= 11 is 0. The first-order valence-electron chi connectivity index (χ1n) is 12.3. The van der Waals surface area contributed by atoms with Crippen LogP contribution in [0.3, 0.4) is 0 Å². The maximum absolute atomic E-state index is 14.1. The Morgan fingerprint density at radius 1 is 0.846 bits per heavy atom. The van der Waals surface area contributed by atoms with Gasteiger partial charge in [-0.15, -0.1) is 0 Å². The second kappa shape index (κ2) is 8.83. The molecule has 39 heavy (non-hydrogen) atoms. The van der Waals surface area contributed by atoms with Crippen LogP contribution in [0.1, 0.15) is 30.9 Å². The third-order valence-electron chi connectivity index (χ3n) is 6.94. The first-order valence-corrected chi connectivity index (χ1v) is 12.3. The van der Waals surface area contributed by atoms with Gasteiger partial charge in [-0.3, -0.25) is 4.79 Å². The summed E-state index contributed by atoms with van der Waals surface area (Å²) in [5, 5.41) is 6.41. The summed E-state index contributed by atoms with van der Waals surface area (Å²) in [6, 6.07) is 22.5. The molecule has 2 aliphatic rings. The van der Waals surface area contributed by atoms with Crippen molar-refractivity contribution in [1.82, 2.24) is 0 Å². The predicted octanol–water partition coefficient (Wildman–Crippen LogP) is 4.38. The molecular weight excluding hydrogens is 500 g/mol. The van der Waals surface area contributed by atoms with Crippen molar-refractivity contribution in [1.29, 1.82) is 0 Å². The monoisotopic (exact) mass is 524 g/mol. The Balaban J connectivity index is 1.67. The van der Waals surface area contributed by atoms with Crippen molar-refractivity contribution in [2.45, 2.75) is 31.1 Å². The average molecular weight is 525 g/mol. The van der Waals surface area contributed by atoms with Gasteiger partial charge >= 0.3 is 11.9 Å². The zero-order valence-electron chi connectivity index (χ0n) is 21.4. The number of para-hydroxylation sites is 2. The van der Waals surface area contributed by atoms with E-state index in [0.29, 0.717) is 28.0 Å². The molecular formula is C30H24N2O7. The minimum absolute atomic E-state index is 0.0651. The van der Waals surface area contributed by atoms with Crippen LogP contribution in [-0.4, -0.2) is 36.1 Å². The van der Waals surface area contributed by atoms with Crippen molar-refractivity contribution in [2.75, 3.05) is 12.1 Å². The number of anilines is 1. The molecule has 0 amide bonds. The molecule has 2 aliphatic heterocycles. The minimum Gasteiger partial charge on any atom is -0.497 e. The van der Waals surface area contributed by atoms with Crippen LogP contribution in [0.5, 0.6) is 5.75 Å². The van der Waals surface area contributed by atoms with Gasteiger partial charge in [0.05, 0.1) is 36.1 Å². The molecule has 3 aromatic carbocycles. The van der Waals surface area contributed by atoms with Crippen LogP contribution in [0.25, 0.3) is 11.0 Å². The van der Waals surface area contributed by atoms with Gasteiger partial charge in [0.2, 0.25) is 0 Å². The van der Waals surface area contributed by atoms with Crippen LogP contribution in [0.15, 0.2) is 99.4 Å². The van der Waals surface area contributed by atoms with Gasteiger partial charge in [0.25, 0.3) is 11.3 Å². The highest BCUT2D eigenvalue weighted by Crippen LogP contribution is 2.48. The number of carbonyl (C=O) groups excluding carboxylic acids is 2. The highest BCUT2D eigenvalue weighted by molar-refractivity contribution is 6.22. The van der Waals surface area contributed by atoms with E-state index in [1.54, 1.807) is 86.0 Å². The molecule has 3 heterocycles. The second-order valence-electron chi connectivity index (χ2n) is 9.76. The Hall–Kier alpha value is -4.92. The summed E-state index contributed by atoms with van der Waals surface area (Å²) in [7, 11) is 1.55. The van der Waals surface area contributed by atoms with E-state index in [4.69, 9.17) is 23.7 Å². The van der Waals surface area contributed by atoms with Crippen LogP contribution < -0.4 is 15.2 Å². The Labute approximate surface area is 223 Å². The molecule has 1 saturated heterocycles. The normalized spacial score (nSPS) is 19.5. The lowest BCUT2D eigenvalue weighted by molar-refractivity contribution is -0.242. The van der Waals surface area contributed by atoms with Crippen molar-refractivity contribution in [3.63, 3.8) is 0 Å². The van der Waals surface area contributed by atoms with Gasteiger partial charge in [0, 0.05) is 19.4 Å². The summed E-state index contributed by atoms with van der Waals surface area (Å²) in [6.07, 6.45) is 1.28. The Bertz CT molecular complexity index is 1670. The number of rotatable bonds is 4. The molecule has 0 saturated carbocycles. The lowest BCUT2D eigenvalue weighted by atomic mass is 9.74. The minimum atomic E-state index is -2.18. The zero-order valence-corrected chi connectivity index (χ0v) is 21.4. The van der Waals surface area contributed by atoms with Gasteiger partial charge in [-0.2, -0.15) is 5.10 Å². The molecule has 0 aliphatic carbocycles. The number of benzene rings is 3. The number of cyclic esters (lactones) is 2. The number of fused-ring (bicyclic) bond motifs is 1. The summed E-state index contributed by atoms with van der Waals surface area (Å²) in [6.45, 7) is 2.95. The number of nitrogens with zero attached hydrogens (tertiary/aromatic N) is 2. The highest BCUT2D eigenvalue weighted by atomic mass is 16.7. The molecule has 0 radical (unpaired) electrons. The Morgan fingerprint density at radius 2 is 1.49 bits per heavy atom. The molecule has 1 aromatic heterocycles.